The zero-order valence-electron chi connectivity index (χ0n) is 12.2. The molecule has 0 fully saturated rings. The average molecular weight is 363 g/mol. The molecular formula is C12H26O2PS2Zn-. The predicted molar refractivity (Wildman–Crippen MR) is 80.9 cm³/mol. The third-order valence-corrected chi connectivity index (χ3v) is 7.16. The molecule has 0 bridgehead atoms. The molecule has 0 aliphatic rings. The Bertz CT molecular complexity index is 222. The van der Waals surface area contributed by atoms with E-state index in [1.165, 1.54) is 17.8 Å². The van der Waals surface area contributed by atoms with Crippen molar-refractivity contribution in [1.29, 1.82) is 0 Å². The first-order valence-electron chi connectivity index (χ1n) is 6.59. The second-order valence-corrected chi connectivity index (χ2v) is 10.9. The molecule has 0 aromatic carbocycles. The second-order valence-electron chi connectivity index (χ2n) is 4.56. The Morgan fingerprint density at radius 1 is 1.17 bits per heavy atom. The molecule has 0 aliphatic heterocycles. The Morgan fingerprint density at radius 3 is 2.17 bits per heavy atom. The van der Waals surface area contributed by atoms with Crippen molar-refractivity contribution in [2.75, 3.05) is 0 Å². The predicted octanol–water partition coefficient (Wildman–Crippen LogP) is 4.48. The smallest absolute Gasteiger partial charge is 0.0594 e. The van der Waals surface area contributed by atoms with Gasteiger partial charge in [-0.1, -0.05) is 58.3 Å². The fourth-order valence-electron chi connectivity index (χ4n) is 1.55. The minimum atomic E-state index is -2.89. The minimum Gasteiger partial charge on any atom is -0.793 e. The average Bonchev–Trinajstić information content (AvgIpc) is 2.22. The van der Waals surface area contributed by atoms with E-state index in [2.05, 4.69) is 20.8 Å². The summed E-state index contributed by atoms with van der Waals surface area (Å²) in [6, 6.07) is 0. The first-order valence-corrected chi connectivity index (χ1v) is 10.7. The summed E-state index contributed by atoms with van der Waals surface area (Å²) < 4.78 is 5.52. The maximum absolute atomic E-state index is 12.1. The standard InChI is InChI=1S/C12H27O2PS2.Zn/c1-5-7-9-11(3)14-15(13,16)17-12(4)10-8-6-2;/h11-12H,5-10H2,1-4H3,(H,13,16);/p-1. The first kappa shape index (κ1) is 21.8. The maximum atomic E-state index is 12.1. The van der Waals surface area contributed by atoms with Crippen LogP contribution in [0, 0.1) is 0 Å². The van der Waals surface area contributed by atoms with Crippen LogP contribution in [-0.4, -0.2) is 11.4 Å². The van der Waals surface area contributed by atoms with Gasteiger partial charge >= 0.3 is 0 Å². The van der Waals surface area contributed by atoms with E-state index in [1.54, 1.807) is 0 Å². The summed E-state index contributed by atoms with van der Waals surface area (Å²) in [5.41, 5.74) is -2.89. The fraction of sp³-hybridized carbons (Fsp3) is 1.00. The van der Waals surface area contributed by atoms with Crippen molar-refractivity contribution in [2.45, 2.75) is 77.6 Å². The van der Waals surface area contributed by atoms with Crippen LogP contribution < -0.4 is 4.89 Å². The Hall–Kier alpha value is 1.54. The van der Waals surface area contributed by atoms with Gasteiger partial charge in [-0.05, 0) is 19.8 Å². The number of unbranched alkanes of at least 4 members (excludes halogenated alkanes) is 2. The molecule has 106 valence electrons. The van der Waals surface area contributed by atoms with Crippen LogP contribution in [0.5, 0.6) is 0 Å². The Morgan fingerprint density at radius 2 is 1.67 bits per heavy atom. The van der Waals surface area contributed by atoms with Gasteiger partial charge < -0.3 is 9.42 Å². The monoisotopic (exact) mass is 361 g/mol. The van der Waals surface area contributed by atoms with E-state index in [4.69, 9.17) is 16.3 Å². The van der Waals surface area contributed by atoms with Crippen LogP contribution in [0.15, 0.2) is 0 Å². The normalized spacial score (nSPS) is 17.6. The molecule has 0 aromatic heterocycles. The van der Waals surface area contributed by atoms with Crippen molar-refractivity contribution in [3.05, 3.63) is 0 Å². The van der Waals surface area contributed by atoms with Gasteiger partial charge in [0.25, 0.3) is 0 Å². The van der Waals surface area contributed by atoms with Gasteiger partial charge in [-0.3, -0.25) is 0 Å². The molecule has 0 aliphatic carbocycles. The summed E-state index contributed by atoms with van der Waals surface area (Å²) in [6.07, 6.45) is 6.59. The molecule has 0 saturated heterocycles. The molecule has 0 amide bonds. The summed E-state index contributed by atoms with van der Waals surface area (Å²) in [4.78, 5) is 12.1. The van der Waals surface area contributed by atoms with Crippen molar-refractivity contribution in [2.24, 2.45) is 0 Å². The Balaban J connectivity index is 0. The van der Waals surface area contributed by atoms with E-state index in [-0.39, 0.29) is 25.6 Å². The number of hydrogen-bond acceptors (Lipinski definition) is 4. The van der Waals surface area contributed by atoms with Crippen LogP contribution in [0.3, 0.4) is 0 Å². The van der Waals surface area contributed by atoms with Gasteiger partial charge in [0.1, 0.15) is 0 Å². The van der Waals surface area contributed by atoms with E-state index < -0.39 is 5.69 Å². The van der Waals surface area contributed by atoms with Crippen molar-refractivity contribution < 1.29 is 28.9 Å². The molecule has 0 aromatic rings. The van der Waals surface area contributed by atoms with Crippen LogP contribution in [0.4, 0.5) is 0 Å². The van der Waals surface area contributed by atoms with Crippen LogP contribution in [-0.2, 0) is 35.8 Å². The summed E-state index contributed by atoms with van der Waals surface area (Å²) in [5, 5.41) is 0.330. The largest absolute Gasteiger partial charge is 0.793 e. The van der Waals surface area contributed by atoms with E-state index >= 15 is 0 Å². The van der Waals surface area contributed by atoms with Gasteiger partial charge in [0, 0.05) is 30.4 Å². The van der Waals surface area contributed by atoms with Gasteiger partial charge in [-0.25, -0.2) is 0 Å². The quantitative estimate of drug-likeness (QED) is 0.424. The topological polar surface area (TPSA) is 32.3 Å². The van der Waals surface area contributed by atoms with Crippen molar-refractivity contribution in [3.8, 4) is 0 Å². The number of hydrogen-bond donors (Lipinski definition) is 0. The molecule has 0 rings (SSSR count). The SMILES string of the molecule is CCCCC(C)OP([O-])(=S)SC(C)CCCC.[Zn]. The molecule has 0 saturated carbocycles. The second kappa shape index (κ2) is 12.3. The molecule has 3 unspecified atom stereocenters. The third kappa shape index (κ3) is 12.6. The van der Waals surface area contributed by atoms with Gasteiger partial charge in [0.15, 0.2) is 0 Å². The molecule has 18 heavy (non-hydrogen) atoms. The summed E-state index contributed by atoms with van der Waals surface area (Å²) in [5.74, 6) is 0. The third-order valence-electron chi connectivity index (χ3n) is 2.55. The van der Waals surface area contributed by atoms with E-state index in [0.29, 0.717) is 5.25 Å². The minimum absolute atomic E-state index is 0. The van der Waals surface area contributed by atoms with Crippen LogP contribution in [0.2, 0.25) is 0 Å². The molecule has 0 N–H and O–H groups in total. The molecule has 0 spiro atoms. The van der Waals surface area contributed by atoms with Gasteiger partial charge in [-0.15, -0.1) is 11.4 Å². The zero-order chi connectivity index (χ0) is 13.3. The van der Waals surface area contributed by atoms with Gasteiger partial charge in [0.05, 0.1) is 6.10 Å². The van der Waals surface area contributed by atoms with Gasteiger partial charge in [-0.2, -0.15) is 0 Å². The fourth-order valence-corrected chi connectivity index (χ4v) is 6.85. The van der Waals surface area contributed by atoms with E-state index in [1.807, 2.05) is 6.92 Å². The zero-order valence-corrected chi connectivity index (χ0v) is 17.7. The molecule has 6 heteroatoms. The van der Waals surface area contributed by atoms with Crippen LogP contribution >= 0.6 is 17.1 Å². The molecular weight excluding hydrogens is 337 g/mol. The van der Waals surface area contributed by atoms with E-state index in [9.17, 15) is 4.89 Å². The summed E-state index contributed by atoms with van der Waals surface area (Å²) >= 11 is 6.44. The van der Waals surface area contributed by atoms with Crippen molar-refractivity contribution >= 4 is 28.9 Å². The van der Waals surface area contributed by atoms with Gasteiger partial charge in [0.2, 0.25) is 0 Å². The first-order chi connectivity index (χ1) is 7.91. The number of rotatable bonds is 10. The van der Waals surface area contributed by atoms with Crippen LogP contribution in [0.25, 0.3) is 0 Å². The Labute approximate surface area is 135 Å². The molecule has 2 nitrogen and oxygen atoms in total. The van der Waals surface area contributed by atoms with Crippen molar-refractivity contribution in [3.63, 3.8) is 0 Å². The van der Waals surface area contributed by atoms with Crippen molar-refractivity contribution in [1.82, 2.24) is 0 Å². The van der Waals surface area contributed by atoms with Crippen LogP contribution in [0.1, 0.15) is 66.2 Å². The molecule has 0 heterocycles. The molecule has 3 atom stereocenters. The van der Waals surface area contributed by atoms with E-state index in [0.717, 1.165) is 32.1 Å². The maximum Gasteiger partial charge on any atom is 0.0594 e. The summed E-state index contributed by atoms with van der Waals surface area (Å²) in [6.45, 7) is 8.35. The summed E-state index contributed by atoms with van der Waals surface area (Å²) in [7, 11) is 0. The molecule has 0 radical (unpaired) electrons. The Kier molecular flexibility index (Phi) is 14.9.